The molecule has 0 saturated heterocycles. The lowest BCUT2D eigenvalue weighted by Gasteiger charge is -2.25. The maximum atomic E-state index is 13.9. The zero-order chi connectivity index (χ0) is 21.5. The molecule has 0 bridgehead atoms. The molecular weight excluding hydrogens is 415 g/mol. The van der Waals surface area contributed by atoms with E-state index in [9.17, 15) is 14.3 Å². The predicted octanol–water partition coefficient (Wildman–Crippen LogP) is 4.24. The Bertz CT molecular complexity index is 1120. The molecule has 31 heavy (non-hydrogen) atoms. The lowest BCUT2D eigenvalue weighted by Crippen LogP contribution is -2.35. The molecule has 0 radical (unpaired) electrons. The second kappa shape index (κ2) is 8.24. The standard InChI is InChI=1S/C23H27FN4O2S/c1-2-13-9-14(24)10-19-17(13)11-20(26-19)22(30)28-8-7-18-21(12-28)31-23(27-18)25-15-3-5-16(29)6-4-15/h9-11,15-16,26,29H,2-8,12H2,1H3,(H,25,27)/t15-,16+. The summed E-state index contributed by atoms with van der Waals surface area (Å²) in [6, 6.07) is 5.19. The molecule has 1 aliphatic heterocycles. The van der Waals surface area contributed by atoms with Crippen molar-refractivity contribution in [3.63, 3.8) is 0 Å². The SMILES string of the molecule is CCc1cc(F)cc2[nH]c(C(=O)N3CCc4nc(N[C@H]5CC[C@@H](O)CC5)sc4C3)cc12. The number of amides is 1. The minimum absolute atomic E-state index is 0.0616. The quantitative estimate of drug-likeness (QED) is 0.565. The van der Waals surface area contributed by atoms with E-state index in [-0.39, 0.29) is 17.8 Å². The van der Waals surface area contributed by atoms with Gasteiger partial charge in [0.1, 0.15) is 11.5 Å². The molecule has 1 saturated carbocycles. The molecule has 1 amide bonds. The van der Waals surface area contributed by atoms with Crippen LogP contribution in [0.15, 0.2) is 18.2 Å². The van der Waals surface area contributed by atoms with Crippen LogP contribution in [0.1, 0.15) is 59.2 Å². The molecule has 164 valence electrons. The van der Waals surface area contributed by atoms with Crippen LogP contribution in [0, 0.1) is 5.82 Å². The maximum absolute atomic E-state index is 13.9. The highest BCUT2D eigenvalue weighted by Gasteiger charge is 2.27. The number of aromatic nitrogens is 2. The number of aryl methyl sites for hydroxylation is 1. The van der Waals surface area contributed by atoms with Crippen molar-refractivity contribution in [3.8, 4) is 0 Å². The number of aliphatic hydroxyl groups is 1. The third kappa shape index (κ3) is 4.06. The first-order valence-electron chi connectivity index (χ1n) is 11.0. The van der Waals surface area contributed by atoms with Crippen LogP contribution < -0.4 is 5.32 Å². The number of hydrogen-bond donors (Lipinski definition) is 3. The Balaban J connectivity index is 1.31. The third-order valence-electron chi connectivity index (χ3n) is 6.44. The molecule has 2 aliphatic rings. The number of fused-ring (bicyclic) bond motifs is 2. The van der Waals surface area contributed by atoms with Crippen molar-refractivity contribution >= 4 is 33.3 Å². The number of halogens is 1. The number of nitrogens with one attached hydrogen (secondary N) is 2. The van der Waals surface area contributed by atoms with Gasteiger partial charge in [0.05, 0.1) is 18.3 Å². The first-order chi connectivity index (χ1) is 15.0. The minimum atomic E-state index is -0.287. The van der Waals surface area contributed by atoms with Gasteiger partial charge in [0, 0.05) is 34.8 Å². The molecule has 3 heterocycles. The van der Waals surface area contributed by atoms with E-state index in [2.05, 4.69) is 10.3 Å². The van der Waals surface area contributed by atoms with Crippen molar-refractivity contribution in [2.24, 2.45) is 0 Å². The summed E-state index contributed by atoms with van der Waals surface area (Å²) in [4.78, 5) is 24.0. The summed E-state index contributed by atoms with van der Waals surface area (Å²) in [5.41, 5.74) is 3.14. The minimum Gasteiger partial charge on any atom is -0.393 e. The third-order valence-corrected chi connectivity index (χ3v) is 7.46. The fraction of sp³-hybridized carbons (Fsp3) is 0.478. The Hall–Kier alpha value is -2.45. The van der Waals surface area contributed by atoms with Crippen molar-refractivity contribution in [1.29, 1.82) is 0 Å². The van der Waals surface area contributed by atoms with Crippen molar-refractivity contribution in [1.82, 2.24) is 14.9 Å². The van der Waals surface area contributed by atoms with E-state index in [1.54, 1.807) is 11.3 Å². The average Bonchev–Trinajstić information content (AvgIpc) is 3.37. The molecule has 3 aromatic rings. The second-order valence-electron chi connectivity index (χ2n) is 8.58. The highest BCUT2D eigenvalue weighted by atomic mass is 32.1. The van der Waals surface area contributed by atoms with Crippen LogP contribution in [0.2, 0.25) is 0 Å². The first kappa shape index (κ1) is 20.5. The number of carbonyl (C=O) groups excluding carboxylic acids is 1. The van der Waals surface area contributed by atoms with E-state index in [1.165, 1.54) is 12.1 Å². The van der Waals surface area contributed by atoms with Gasteiger partial charge in [-0.25, -0.2) is 9.37 Å². The predicted molar refractivity (Wildman–Crippen MR) is 120 cm³/mol. The number of rotatable bonds is 4. The van der Waals surface area contributed by atoms with Crippen LogP contribution in [-0.4, -0.2) is 44.6 Å². The number of carbonyl (C=O) groups is 1. The fourth-order valence-electron chi connectivity index (χ4n) is 4.68. The molecule has 1 fully saturated rings. The largest absolute Gasteiger partial charge is 0.393 e. The topological polar surface area (TPSA) is 81.2 Å². The molecular formula is C23H27FN4O2S. The molecule has 1 aromatic carbocycles. The first-order valence-corrected chi connectivity index (χ1v) is 11.9. The molecule has 5 rings (SSSR count). The van der Waals surface area contributed by atoms with Gasteiger partial charge < -0.3 is 20.3 Å². The molecule has 0 spiro atoms. The monoisotopic (exact) mass is 442 g/mol. The molecule has 1 aliphatic carbocycles. The van der Waals surface area contributed by atoms with E-state index in [1.807, 2.05) is 17.9 Å². The number of H-pyrrole nitrogens is 1. The van der Waals surface area contributed by atoms with Crippen molar-refractivity contribution in [2.75, 3.05) is 11.9 Å². The van der Waals surface area contributed by atoms with E-state index < -0.39 is 0 Å². The molecule has 0 unspecified atom stereocenters. The van der Waals surface area contributed by atoms with Crippen LogP contribution in [0.25, 0.3) is 10.9 Å². The molecule has 3 N–H and O–H groups in total. The van der Waals surface area contributed by atoms with Crippen LogP contribution in [-0.2, 0) is 19.4 Å². The van der Waals surface area contributed by atoms with Gasteiger partial charge in [0.25, 0.3) is 5.91 Å². The molecule has 2 aromatic heterocycles. The lowest BCUT2D eigenvalue weighted by molar-refractivity contribution is 0.0731. The number of aromatic amines is 1. The summed E-state index contributed by atoms with van der Waals surface area (Å²) < 4.78 is 13.9. The normalized spacial score (nSPS) is 21.3. The van der Waals surface area contributed by atoms with Gasteiger partial charge in [0.15, 0.2) is 5.13 Å². The second-order valence-corrected chi connectivity index (χ2v) is 9.66. The van der Waals surface area contributed by atoms with Crippen LogP contribution in [0.4, 0.5) is 9.52 Å². The highest BCUT2D eigenvalue weighted by Crippen LogP contribution is 2.32. The number of thiazole rings is 1. The van der Waals surface area contributed by atoms with Gasteiger partial charge >= 0.3 is 0 Å². The zero-order valence-corrected chi connectivity index (χ0v) is 18.4. The Morgan fingerprint density at radius 2 is 2.13 bits per heavy atom. The lowest BCUT2D eigenvalue weighted by atomic mass is 9.93. The van der Waals surface area contributed by atoms with Gasteiger partial charge in [0.2, 0.25) is 0 Å². The smallest absolute Gasteiger partial charge is 0.270 e. The summed E-state index contributed by atoms with van der Waals surface area (Å²) in [6.45, 7) is 3.15. The summed E-state index contributed by atoms with van der Waals surface area (Å²) in [7, 11) is 0. The van der Waals surface area contributed by atoms with Gasteiger partial charge in [-0.3, -0.25) is 4.79 Å². The number of benzene rings is 1. The highest BCUT2D eigenvalue weighted by molar-refractivity contribution is 7.15. The van der Waals surface area contributed by atoms with E-state index in [0.29, 0.717) is 36.8 Å². The Kier molecular flexibility index (Phi) is 5.44. The molecule has 8 heteroatoms. The summed E-state index contributed by atoms with van der Waals surface area (Å²) in [5, 5.41) is 15.0. The van der Waals surface area contributed by atoms with Crippen molar-refractivity contribution in [2.45, 2.75) is 64.1 Å². The molecule has 6 nitrogen and oxygen atoms in total. The van der Waals surface area contributed by atoms with Crippen LogP contribution in [0.3, 0.4) is 0 Å². The number of aliphatic hydroxyl groups excluding tert-OH is 1. The number of nitrogens with zero attached hydrogens (tertiary/aromatic N) is 2. The van der Waals surface area contributed by atoms with Gasteiger partial charge in [-0.05, 0) is 55.9 Å². The average molecular weight is 443 g/mol. The fourth-order valence-corrected chi connectivity index (χ4v) is 5.78. The summed E-state index contributed by atoms with van der Waals surface area (Å²) in [5.74, 6) is -0.349. The summed E-state index contributed by atoms with van der Waals surface area (Å²) >= 11 is 1.62. The molecule has 0 atom stereocenters. The Morgan fingerprint density at radius 3 is 2.90 bits per heavy atom. The van der Waals surface area contributed by atoms with Crippen LogP contribution >= 0.6 is 11.3 Å². The van der Waals surface area contributed by atoms with E-state index >= 15 is 0 Å². The van der Waals surface area contributed by atoms with Crippen LogP contribution in [0.5, 0.6) is 0 Å². The van der Waals surface area contributed by atoms with Gasteiger partial charge in [-0.2, -0.15) is 0 Å². The van der Waals surface area contributed by atoms with E-state index in [0.717, 1.165) is 58.8 Å². The van der Waals surface area contributed by atoms with Gasteiger partial charge in [-0.15, -0.1) is 0 Å². The summed E-state index contributed by atoms with van der Waals surface area (Å²) in [6.07, 6.45) is 4.85. The number of hydrogen-bond acceptors (Lipinski definition) is 5. The van der Waals surface area contributed by atoms with Gasteiger partial charge in [-0.1, -0.05) is 18.3 Å². The van der Waals surface area contributed by atoms with E-state index in [4.69, 9.17) is 4.98 Å². The van der Waals surface area contributed by atoms with Crippen molar-refractivity contribution < 1.29 is 14.3 Å². The maximum Gasteiger partial charge on any atom is 0.270 e. The number of anilines is 1. The Morgan fingerprint density at radius 1 is 1.32 bits per heavy atom. The van der Waals surface area contributed by atoms with Crippen molar-refractivity contribution in [3.05, 3.63) is 45.8 Å². The zero-order valence-electron chi connectivity index (χ0n) is 17.6. The Labute approximate surface area is 184 Å².